The number of aromatic amines is 1. The molecule has 7 heteroatoms. The smallest absolute Gasteiger partial charge is 0.161 e. The average molecular weight is 341 g/mol. The van der Waals surface area contributed by atoms with Gasteiger partial charge in [-0.3, -0.25) is 5.10 Å². The highest BCUT2D eigenvalue weighted by Gasteiger charge is 2.06. The molecule has 0 aliphatic rings. The Morgan fingerprint density at radius 3 is 3.00 bits per heavy atom. The molecule has 126 valence electrons. The fourth-order valence-electron chi connectivity index (χ4n) is 2.98. The first-order valence-electron chi connectivity index (χ1n) is 8.23. The van der Waals surface area contributed by atoms with E-state index in [1.54, 1.807) is 12.4 Å². The quantitative estimate of drug-likeness (QED) is 0.522. The van der Waals surface area contributed by atoms with Crippen molar-refractivity contribution in [1.82, 2.24) is 29.5 Å². The van der Waals surface area contributed by atoms with Crippen molar-refractivity contribution in [2.24, 2.45) is 0 Å². The van der Waals surface area contributed by atoms with Crippen LogP contribution in [-0.2, 0) is 0 Å². The third kappa shape index (κ3) is 2.55. The zero-order valence-corrected chi connectivity index (χ0v) is 14.0. The van der Waals surface area contributed by atoms with Crippen molar-refractivity contribution in [2.75, 3.05) is 5.32 Å². The molecule has 0 unspecified atom stereocenters. The molecule has 4 aromatic heterocycles. The first-order chi connectivity index (χ1) is 12.7. The number of nitrogens with zero attached hydrogens (tertiary/aromatic N) is 5. The molecule has 0 aliphatic carbocycles. The number of benzene rings is 1. The van der Waals surface area contributed by atoms with Crippen LogP contribution < -0.4 is 5.32 Å². The monoisotopic (exact) mass is 341 g/mol. The van der Waals surface area contributed by atoms with Crippen molar-refractivity contribution in [2.45, 2.75) is 6.92 Å². The number of aryl methyl sites for hydroxylation is 1. The predicted octanol–water partition coefficient (Wildman–Crippen LogP) is 3.72. The SMILES string of the molecule is Cc1cn2ccc(-c3nccc(Nc4ccc5[nH]ncc5c4)n3)cc2n1. The second-order valence-electron chi connectivity index (χ2n) is 6.13. The maximum Gasteiger partial charge on any atom is 0.161 e. The second-order valence-corrected chi connectivity index (χ2v) is 6.13. The zero-order chi connectivity index (χ0) is 17.5. The van der Waals surface area contributed by atoms with Gasteiger partial charge < -0.3 is 9.72 Å². The highest BCUT2D eigenvalue weighted by Crippen LogP contribution is 2.22. The Balaban J connectivity index is 1.48. The summed E-state index contributed by atoms with van der Waals surface area (Å²) >= 11 is 0. The first kappa shape index (κ1) is 14.6. The lowest BCUT2D eigenvalue weighted by atomic mass is 10.2. The van der Waals surface area contributed by atoms with Crippen molar-refractivity contribution in [3.63, 3.8) is 0 Å². The molecular formula is C19H15N7. The highest BCUT2D eigenvalue weighted by atomic mass is 15.1. The summed E-state index contributed by atoms with van der Waals surface area (Å²) in [4.78, 5) is 13.5. The molecule has 1 aromatic carbocycles. The summed E-state index contributed by atoms with van der Waals surface area (Å²) in [5.74, 6) is 1.39. The number of hydrogen-bond donors (Lipinski definition) is 2. The van der Waals surface area contributed by atoms with Crippen LogP contribution >= 0.6 is 0 Å². The topological polar surface area (TPSA) is 83.8 Å². The molecule has 0 saturated carbocycles. The lowest BCUT2D eigenvalue weighted by molar-refractivity contribution is 1.12. The van der Waals surface area contributed by atoms with Gasteiger partial charge in [0.15, 0.2) is 5.82 Å². The van der Waals surface area contributed by atoms with Crippen LogP contribution in [-0.4, -0.2) is 29.5 Å². The Kier molecular flexibility index (Phi) is 3.18. The van der Waals surface area contributed by atoms with E-state index in [1.165, 1.54) is 0 Å². The Labute approximate surface area is 148 Å². The summed E-state index contributed by atoms with van der Waals surface area (Å²) in [5, 5.41) is 11.4. The van der Waals surface area contributed by atoms with Crippen LogP contribution in [0.4, 0.5) is 11.5 Å². The lowest BCUT2D eigenvalue weighted by Crippen LogP contribution is -1.97. The molecule has 5 rings (SSSR count). The molecule has 5 aromatic rings. The fourth-order valence-corrected chi connectivity index (χ4v) is 2.98. The van der Waals surface area contributed by atoms with Gasteiger partial charge in [0.05, 0.1) is 17.4 Å². The minimum atomic E-state index is 0.655. The summed E-state index contributed by atoms with van der Waals surface area (Å²) in [5.41, 5.74) is 4.74. The van der Waals surface area contributed by atoms with E-state index >= 15 is 0 Å². The normalized spacial score (nSPS) is 11.3. The van der Waals surface area contributed by atoms with Crippen molar-refractivity contribution in [3.05, 3.63) is 66.9 Å². The predicted molar refractivity (Wildman–Crippen MR) is 100 cm³/mol. The van der Waals surface area contributed by atoms with E-state index in [4.69, 9.17) is 0 Å². The summed E-state index contributed by atoms with van der Waals surface area (Å²) in [6.45, 7) is 1.98. The molecule has 2 N–H and O–H groups in total. The minimum absolute atomic E-state index is 0.655. The number of imidazole rings is 1. The van der Waals surface area contributed by atoms with E-state index in [9.17, 15) is 0 Å². The van der Waals surface area contributed by atoms with E-state index in [0.717, 1.165) is 39.3 Å². The van der Waals surface area contributed by atoms with Crippen LogP contribution in [0, 0.1) is 6.92 Å². The number of fused-ring (bicyclic) bond motifs is 2. The standard InChI is InChI=1S/C19H15N7/c1-12-11-26-7-5-13(9-18(26)22-12)19-20-6-4-17(24-19)23-15-2-3-16-14(8-15)10-21-25-16/h2-11H,1H3,(H,21,25)(H,20,23,24). The minimum Gasteiger partial charge on any atom is -0.340 e. The van der Waals surface area contributed by atoms with E-state index in [-0.39, 0.29) is 0 Å². The molecule has 0 spiro atoms. The van der Waals surface area contributed by atoms with Gasteiger partial charge in [0.1, 0.15) is 11.5 Å². The molecular weight excluding hydrogens is 326 g/mol. The highest BCUT2D eigenvalue weighted by molar-refractivity contribution is 5.82. The van der Waals surface area contributed by atoms with Gasteiger partial charge in [-0.05, 0) is 43.3 Å². The summed E-state index contributed by atoms with van der Waals surface area (Å²) in [6.07, 6.45) is 7.51. The van der Waals surface area contributed by atoms with Gasteiger partial charge in [-0.2, -0.15) is 5.10 Å². The fraction of sp³-hybridized carbons (Fsp3) is 0.0526. The van der Waals surface area contributed by atoms with Gasteiger partial charge in [-0.15, -0.1) is 0 Å². The van der Waals surface area contributed by atoms with E-state index in [0.29, 0.717) is 5.82 Å². The van der Waals surface area contributed by atoms with Gasteiger partial charge in [0, 0.05) is 35.2 Å². The van der Waals surface area contributed by atoms with Gasteiger partial charge in [0.25, 0.3) is 0 Å². The molecule has 0 radical (unpaired) electrons. The molecule has 26 heavy (non-hydrogen) atoms. The van der Waals surface area contributed by atoms with Crippen molar-refractivity contribution in [3.8, 4) is 11.4 Å². The largest absolute Gasteiger partial charge is 0.340 e. The number of pyridine rings is 1. The van der Waals surface area contributed by atoms with Crippen molar-refractivity contribution in [1.29, 1.82) is 0 Å². The van der Waals surface area contributed by atoms with Crippen LogP contribution in [0.5, 0.6) is 0 Å². The molecule has 7 nitrogen and oxygen atoms in total. The number of H-pyrrole nitrogens is 1. The number of anilines is 2. The van der Waals surface area contributed by atoms with Crippen LogP contribution in [0.3, 0.4) is 0 Å². The Morgan fingerprint density at radius 2 is 2.04 bits per heavy atom. The van der Waals surface area contributed by atoms with Gasteiger partial charge >= 0.3 is 0 Å². The maximum absolute atomic E-state index is 4.64. The molecule has 0 fully saturated rings. The van der Waals surface area contributed by atoms with Crippen LogP contribution in [0.1, 0.15) is 5.69 Å². The lowest BCUT2D eigenvalue weighted by Gasteiger charge is -2.07. The molecule has 0 saturated heterocycles. The number of hydrogen-bond acceptors (Lipinski definition) is 5. The third-order valence-corrected chi connectivity index (χ3v) is 4.21. The number of nitrogens with one attached hydrogen (secondary N) is 2. The van der Waals surface area contributed by atoms with Gasteiger partial charge in [-0.25, -0.2) is 15.0 Å². The third-order valence-electron chi connectivity index (χ3n) is 4.21. The van der Waals surface area contributed by atoms with Crippen molar-refractivity contribution < 1.29 is 0 Å². The Hall–Kier alpha value is -3.74. The number of rotatable bonds is 3. The van der Waals surface area contributed by atoms with Gasteiger partial charge in [-0.1, -0.05) is 0 Å². The first-order valence-corrected chi connectivity index (χ1v) is 8.23. The summed E-state index contributed by atoms with van der Waals surface area (Å²) < 4.78 is 1.99. The zero-order valence-electron chi connectivity index (χ0n) is 14.0. The van der Waals surface area contributed by atoms with Gasteiger partial charge in [0.2, 0.25) is 0 Å². The maximum atomic E-state index is 4.64. The molecule has 0 bridgehead atoms. The van der Waals surface area contributed by atoms with Crippen molar-refractivity contribution >= 4 is 28.1 Å². The van der Waals surface area contributed by atoms with Crippen LogP contribution in [0.15, 0.2) is 61.2 Å². The second kappa shape index (κ2) is 5.66. The molecule has 0 amide bonds. The summed E-state index contributed by atoms with van der Waals surface area (Å²) in [7, 11) is 0. The average Bonchev–Trinajstić information content (AvgIpc) is 3.26. The number of aromatic nitrogens is 6. The van der Waals surface area contributed by atoms with E-state index < -0.39 is 0 Å². The molecule has 0 atom stereocenters. The summed E-state index contributed by atoms with van der Waals surface area (Å²) in [6, 6.07) is 11.8. The van der Waals surface area contributed by atoms with E-state index in [2.05, 4.69) is 30.5 Å². The molecule has 0 aliphatic heterocycles. The van der Waals surface area contributed by atoms with E-state index in [1.807, 2.05) is 60.1 Å². The van der Waals surface area contributed by atoms with Crippen LogP contribution in [0.25, 0.3) is 27.9 Å². The Bertz CT molecular complexity index is 1240. The van der Waals surface area contributed by atoms with Crippen LogP contribution in [0.2, 0.25) is 0 Å². The molecule has 4 heterocycles. The Morgan fingerprint density at radius 1 is 1.08 bits per heavy atom.